The molecule has 0 saturated carbocycles. The molecule has 0 aromatic carbocycles. The molecule has 4 N–H and O–H groups in total. The number of alkyl carbamates (subject to hydrolysis) is 2. The van der Waals surface area contributed by atoms with Gasteiger partial charge in [-0.25, -0.2) is 9.59 Å². The molecule has 290 valence electrons. The van der Waals surface area contributed by atoms with Gasteiger partial charge in [0.2, 0.25) is 0 Å². The van der Waals surface area contributed by atoms with Crippen molar-refractivity contribution < 1.29 is 71.0 Å². The number of hydrogen-bond acceptors (Lipinski definition) is 15. The summed E-state index contributed by atoms with van der Waals surface area (Å²) in [6.45, 7) is 2.54. The summed E-state index contributed by atoms with van der Waals surface area (Å²) >= 11 is 0. The van der Waals surface area contributed by atoms with Gasteiger partial charge in [-0.1, -0.05) is 62.0 Å². The number of phosphoric ester groups is 2. The van der Waals surface area contributed by atoms with Gasteiger partial charge >= 0.3 is 12.2 Å². The van der Waals surface area contributed by atoms with Crippen molar-refractivity contribution in [3.05, 3.63) is 48.6 Å². The molecule has 0 bridgehead atoms. The number of rotatable bonds is 21. The maximum atomic E-state index is 11.6. The zero-order valence-corrected chi connectivity index (χ0v) is 31.0. The van der Waals surface area contributed by atoms with Gasteiger partial charge in [-0.15, -0.1) is 0 Å². The fourth-order valence-electron chi connectivity index (χ4n) is 4.07. The first kappa shape index (κ1) is 47.6. The molecule has 0 saturated heterocycles. The van der Waals surface area contributed by atoms with E-state index in [9.17, 15) is 28.5 Å². The highest BCUT2D eigenvalue weighted by Crippen LogP contribution is 2.40. The Morgan fingerprint density at radius 2 is 1.18 bits per heavy atom. The van der Waals surface area contributed by atoms with E-state index in [1.54, 1.807) is 0 Å². The van der Waals surface area contributed by atoms with Gasteiger partial charge in [0.25, 0.3) is 15.6 Å². The first-order chi connectivity index (χ1) is 23.8. The molecule has 2 rings (SSSR count). The number of phosphoric acid groups is 2. The second kappa shape index (κ2) is 29.2. The molecule has 0 aliphatic heterocycles. The molecule has 50 heavy (non-hydrogen) atoms. The summed E-state index contributed by atoms with van der Waals surface area (Å²) in [6.07, 6.45) is 17.0. The van der Waals surface area contributed by atoms with Crippen LogP contribution in [0.15, 0.2) is 48.6 Å². The van der Waals surface area contributed by atoms with E-state index in [1.807, 2.05) is 55.5 Å². The van der Waals surface area contributed by atoms with Crippen molar-refractivity contribution in [1.82, 2.24) is 10.6 Å². The van der Waals surface area contributed by atoms with E-state index >= 15 is 0 Å². The van der Waals surface area contributed by atoms with Crippen LogP contribution in [0.1, 0.15) is 51.9 Å². The number of aliphatic hydroxyl groups is 2. The van der Waals surface area contributed by atoms with Crippen LogP contribution in [0, 0.1) is 11.8 Å². The zero-order chi connectivity index (χ0) is 37.7. The monoisotopic (exact) mass is 756 g/mol. The van der Waals surface area contributed by atoms with Crippen molar-refractivity contribution >= 4 is 27.8 Å². The lowest BCUT2D eigenvalue weighted by atomic mass is 10.0. The Bertz CT molecular complexity index is 1050. The molecule has 0 radical (unpaired) electrons. The van der Waals surface area contributed by atoms with Crippen LogP contribution in [0.4, 0.5) is 9.59 Å². The highest BCUT2D eigenvalue weighted by molar-refractivity contribution is 7.46. The summed E-state index contributed by atoms with van der Waals surface area (Å²) in [6, 6.07) is 0. The maximum absolute atomic E-state index is 11.6. The molecule has 6 atom stereocenters. The van der Waals surface area contributed by atoms with Crippen LogP contribution < -0.4 is 20.4 Å². The fourth-order valence-corrected chi connectivity index (χ4v) is 5.39. The van der Waals surface area contributed by atoms with Crippen molar-refractivity contribution in [2.45, 2.75) is 64.1 Å². The molecule has 0 spiro atoms. The van der Waals surface area contributed by atoms with Gasteiger partial charge < -0.3 is 62.9 Å². The third kappa shape index (κ3) is 26.4. The minimum atomic E-state index is -4.37. The van der Waals surface area contributed by atoms with E-state index in [0.717, 1.165) is 33.5 Å². The second-order valence-electron chi connectivity index (χ2n) is 10.7. The second-order valence-corrected chi connectivity index (χ2v) is 13.6. The van der Waals surface area contributed by atoms with Crippen LogP contribution in [0.3, 0.4) is 0 Å². The van der Waals surface area contributed by atoms with Crippen LogP contribution in [0.2, 0.25) is 0 Å². The molecule has 2 aliphatic rings. The third-order valence-electron chi connectivity index (χ3n) is 6.66. The van der Waals surface area contributed by atoms with Gasteiger partial charge in [0.15, 0.2) is 0 Å². The Labute approximate surface area is 294 Å². The van der Waals surface area contributed by atoms with Crippen LogP contribution in [0.25, 0.3) is 0 Å². The van der Waals surface area contributed by atoms with E-state index in [4.69, 9.17) is 28.7 Å². The number of aliphatic hydroxyl groups excluding tert-OH is 2. The number of nitrogens with one attached hydrogen (secondary N) is 2. The lowest BCUT2D eigenvalue weighted by Crippen LogP contribution is -2.30. The lowest BCUT2D eigenvalue weighted by molar-refractivity contribution is -0.229. The SMILES string of the molecule is CCC[C@H](CCNC(=O)OCC1C=CC=CC1)OP(=O)([O-])OC.COCO.COP(=O)([O-])O[C@H](CCO)CCNC(=O)OCC1C=CC=CC1. The number of ether oxygens (including phenoxy) is 3. The Balaban J connectivity index is 0.000000867. The molecular formula is C31H54N2O15P2-2. The number of carbonyl (C=O) groups is 2. The molecule has 4 unspecified atom stereocenters. The van der Waals surface area contributed by atoms with Gasteiger partial charge in [0.1, 0.15) is 6.79 Å². The van der Waals surface area contributed by atoms with Crippen molar-refractivity contribution in [3.63, 3.8) is 0 Å². The smallest absolute Gasteiger partial charge is 0.407 e. The lowest BCUT2D eigenvalue weighted by Gasteiger charge is -2.26. The van der Waals surface area contributed by atoms with Crippen molar-refractivity contribution in [1.29, 1.82) is 0 Å². The fraction of sp³-hybridized carbons (Fsp3) is 0.677. The number of methoxy groups -OCH3 is 1. The van der Waals surface area contributed by atoms with Gasteiger partial charge in [0.05, 0.1) is 25.4 Å². The van der Waals surface area contributed by atoms with Crippen LogP contribution in [-0.2, 0) is 41.4 Å². The Hall–Kier alpha value is -2.40. The van der Waals surface area contributed by atoms with E-state index < -0.39 is 40.0 Å². The van der Waals surface area contributed by atoms with E-state index in [-0.39, 0.29) is 57.8 Å². The van der Waals surface area contributed by atoms with Crippen LogP contribution in [0.5, 0.6) is 0 Å². The normalized spacial score (nSPS) is 19.7. The van der Waals surface area contributed by atoms with Crippen LogP contribution >= 0.6 is 15.6 Å². The van der Waals surface area contributed by atoms with Gasteiger partial charge in [0, 0.05) is 52.9 Å². The van der Waals surface area contributed by atoms with Gasteiger partial charge in [-0.05, 0) is 38.5 Å². The summed E-state index contributed by atoms with van der Waals surface area (Å²) in [5.74, 6) is 0.374. The first-order valence-corrected chi connectivity index (χ1v) is 19.1. The number of hydrogen-bond donors (Lipinski definition) is 4. The number of amides is 2. The average molecular weight is 757 g/mol. The summed E-state index contributed by atoms with van der Waals surface area (Å²) in [5, 5.41) is 21.7. The van der Waals surface area contributed by atoms with Crippen molar-refractivity contribution in [2.75, 3.05) is 61.0 Å². The highest BCUT2D eigenvalue weighted by Gasteiger charge is 2.19. The average Bonchev–Trinajstić information content (AvgIpc) is 3.11. The molecular weight excluding hydrogens is 702 g/mol. The van der Waals surface area contributed by atoms with Gasteiger partial charge in [-0.2, -0.15) is 0 Å². The van der Waals surface area contributed by atoms with Crippen molar-refractivity contribution in [2.24, 2.45) is 11.8 Å². The molecule has 2 aliphatic carbocycles. The minimum Gasteiger partial charge on any atom is -0.756 e. The Morgan fingerprint density at radius 3 is 1.50 bits per heavy atom. The zero-order valence-electron chi connectivity index (χ0n) is 29.2. The van der Waals surface area contributed by atoms with E-state index in [0.29, 0.717) is 19.4 Å². The Morgan fingerprint density at radius 1 is 0.760 bits per heavy atom. The standard InChI is InChI=1S/C15H26NO6P.C14H24NO7P.C2H6O2/c1-3-7-14(22-23(18,19)20-2)10-11-16-15(17)21-12-13-8-5-4-6-9-13;1-20-23(18,19)22-13(8-10-16)7-9-15-14(17)21-11-12-5-3-2-4-6-12;1-4-2-3/h4-6,8,13-14H,3,7,9-12H2,1-2H3,(H,16,17)(H,18,19);2-5,12-13,16H,6-11H2,1H3,(H,15,17)(H,18,19);3H,2H2,1H3/p-2/t13?,14-;12?,13-;/m10./s1. The molecule has 17 nitrogen and oxygen atoms in total. The molecule has 0 aromatic rings. The summed E-state index contributed by atoms with van der Waals surface area (Å²) < 4.78 is 55.1. The largest absolute Gasteiger partial charge is 0.756 e. The Kier molecular flexibility index (Phi) is 27.8. The highest BCUT2D eigenvalue weighted by atomic mass is 31.2. The van der Waals surface area contributed by atoms with E-state index in [1.165, 1.54) is 7.11 Å². The summed E-state index contributed by atoms with van der Waals surface area (Å²) in [5.41, 5.74) is 0. The van der Waals surface area contributed by atoms with E-state index in [2.05, 4.69) is 24.4 Å². The molecule has 2 amide bonds. The maximum Gasteiger partial charge on any atom is 0.407 e. The van der Waals surface area contributed by atoms with Gasteiger partial charge in [-0.3, -0.25) is 9.13 Å². The predicted molar refractivity (Wildman–Crippen MR) is 180 cm³/mol. The molecule has 19 heteroatoms. The van der Waals surface area contributed by atoms with Crippen molar-refractivity contribution in [3.8, 4) is 0 Å². The third-order valence-corrected chi connectivity index (χ3v) is 8.67. The topological polar surface area (TPSA) is 244 Å². The predicted octanol–water partition coefficient (Wildman–Crippen LogP) is 3.24. The summed E-state index contributed by atoms with van der Waals surface area (Å²) in [4.78, 5) is 45.7. The molecule has 0 heterocycles. The minimum absolute atomic E-state index is 0.117. The summed E-state index contributed by atoms with van der Waals surface area (Å²) in [7, 11) is -5.15. The first-order valence-electron chi connectivity index (χ1n) is 16.1. The quantitative estimate of drug-likeness (QED) is 0.0970. The number of carbonyl (C=O) groups excluding carboxylic acids is 2. The van der Waals surface area contributed by atoms with Crippen LogP contribution in [-0.4, -0.2) is 95.6 Å². The molecule has 0 aromatic heterocycles. The number of allylic oxidation sites excluding steroid dienone is 6. The molecule has 0 fully saturated rings.